The molecule has 0 spiro atoms. The number of benzene rings is 6. The van der Waals surface area contributed by atoms with E-state index in [2.05, 4.69) is 69.9 Å². The zero-order chi connectivity index (χ0) is 30.6. The minimum Gasteiger partial charge on any atom is -0.423 e. The van der Waals surface area contributed by atoms with E-state index < -0.39 is 7.12 Å². The molecular weight excluding hydrogens is 603 g/mol. The van der Waals surface area contributed by atoms with Gasteiger partial charge in [-0.25, -0.2) is 0 Å². The highest BCUT2D eigenvalue weighted by molar-refractivity contribution is 9.10. The van der Waals surface area contributed by atoms with Gasteiger partial charge in [0, 0.05) is 26.7 Å². The second-order valence-corrected chi connectivity index (χ2v) is 10.7. The summed E-state index contributed by atoms with van der Waals surface area (Å²) in [6, 6.07) is 51.6. The smallest absolute Gasteiger partial charge is 0.423 e. The van der Waals surface area contributed by atoms with Crippen LogP contribution in [0.5, 0.6) is 0 Å². The highest BCUT2D eigenvalue weighted by Crippen LogP contribution is 2.25. The average molecular weight is 631 g/mol. The van der Waals surface area contributed by atoms with Gasteiger partial charge in [-0.2, -0.15) is 0 Å². The summed E-state index contributed by atoms with van der Waals surface area (Å²) in [6.45, 7) is 0. The second-order valence-electron chi connectivity index (χ2n) is 9.83. The van der Waals surface area contributed by atoms with Gasteiger partial charge in [-0.05, 0) is 86.1 Å². The van der Waals surface area contributed by atoms with Crippen molar-refractivity contribution in [3.05, 3.63) is 184 Å². The molecule has 0 heterocycles. The Kier molecular flexibility index (Phi) is 10.6. The van der Waals surface area contributed by atoms with Gasteiger partial charge in [0.05, 0.1) is 0 Å². The molecule has 6 aromatic rings. The summed E-state index contributed by atoms with van der Waals surface area (Å²) in [4.78, 5) is 0. The van der Waals surface area contributed by atoms with Gasteiger partial charge >= 0.3 is 7.12 Å². The SMILES string of the molecule is Brc1cc(-c2ccccc2)ccc1C#Cc1ccccc1.OB(O)c1cc(-c2ccccc2)ccc1C#Cc1ccccc1. The summed E-state index contributed by atoms with van der Waals surface area (Å²) in [5, 5.41) is 19.3. The van der Waals surface area contributed by atoms with Gasteiger partial charge in [-0.1, -0.05) is 139 Å². The number of hydrogen-bond donors (Lipinski definition) is 2. The molecule has 0 saturated carbocycles. The first-order valence-electron chi connectivity index (χ1n) is 14.1. The van der Waals surface area contributed by atoms with Crippen LogP contribution in [0.2, 0.25) is 0 Å². The molecule has 0 atom stereocenters. The first-order chi connectivity index (χ1) is 21.6. The molecule has 44 heavy (non-hydrogen) atoms. The molecule has 2 nitrogen and oxygen atoms in total. The topological polar surface area (TPSA) is 40.5 Å². The molecule has 4 heteroatoms. The summed E-state index contributed by atoms with van der Waals surface area (Å²) in [6.07, 6.45) is 0. The molecule has 0 aliphatic heterocycles. The van der Waals surface area contributed by atoms with Gasteiger partial charge in [-0.3, -0.25) is 0 Å². The predicted molar refractivity (Wildman–Crippen MR) is 186 cm³/mol. The summed E-state index contributed by atoms with van der Waals surface area (Å²) in [7, 11) is -1.56. The first-order valence-corrected chi connectivity index (χ1v) is 14.9. The monoisotopic (exact) mass is 630 g/mol. The zero-order valence-electron chi connectivity index (χ0n) is 23.9. The van der Waals surface area contributed by atoms with Crippen molar-refractivity contribution in [3.63, 3.8) is 0 Å². The van der Waals surface area contributed by atoms with Gasteiger partial charge in [0.1, 0.15) is 0 Å². The third-order valence-electron chi connectivity index (χ3n) is 6.74. The van der Waals surface area contributed by atoms with Crippen LogP contribution in [0.4, 0.5) is 0 Å². The molecule has 0 bridgehead atoms. The molecule has 0 amide bonds. The van der Waals surface area contributed by atoms with Gasteiger partial charge in [0.2, 0.25) is 0 Å². The maximum atomic E-state index is 9.66. The molecule has 210 valence electrons. The van der Waals surface area contributed by atoms with E-state index in [0.717, 1.165) is 32.3 Å². The molecule has 0 aliphatic carbocycles. The van der Waals surface area contributed by atoms with E-state index >= 15 is 0 Å². The lowest BCUT2D eigenvalue weighted by molar-refractivity contribution is 0.425. The van der Waals surface area contributed by atoms with E-state index in [1.165, 1.54) is 11.1 Å². The average Bonchev–Trinajstić information content (AvgIpc) is 3.08. The Morgan fingerprint density at radius 2 is 0.818 bits per heavy atom. The van der Waals surface area contributed by atoms with E-state index in [9.17, 15) is 10.0 Å². The van der Waals surface area contributed by atoms with E-state index in [0.29, 0.717) is 11.0 Å². The van der Waals surface area contributed by atoms with Gasteiger partial charge in [0.15, 0.2) is 0 Å². The summed E-state index contributed by atoms with van der Waals surface area (Å²) < 4.78 is 1.02. The van der Waals surface area contributed by atoms with Crippen LogP contribution in [-0.2, 0) is 0 Å². The van der Waals surface area contributed by atoms with E-state index in [1.54, 1.807) is 6.07 Å². The minimum absolute atomic E-state index is 0.412. The molecule has 6 rings (SSSR count). The number of rotatable bonds is 3. The van der Waals surface area contributed by atoms with Crippen LogP contribution in [0.15, 0.2) is 162 Å². The third-order valence-corrected chi connectivity index (χ3v) is 7.40. The normalized spacial score (nSPS) is 9.80. The van der Waals surface area contributed by atoms with Crippen LogP contribution in [0.3, 0.4) is 0 Å². The molecule has 0 aliphatic rings. The summed E-state index contributed by atoms with van der Waals surface area (Å²) in [5.74, 6) is 12.5. The lowest BCUT2D eigenvalue weighted by Crippen LogP contribution is -2.32. The summed E-state index contributed by atoms with van der Waals surface area (Å²) in [5.41, 5.74) is 8.29. The number of hydrogen-bond acceptors (Lipinski definition) is 2. The van der Waals surface area contributed by atoms with Gasteiger partial charge < -0.3 is 10.0 Å². The van der Waals surface area contributed by atoms with Crippen LogP contribution < -0.4 is 5.46 Å². The van der Waals surface area contributed by atoms with Crippen molar-refractivity contribution in [3.8, 4) is 45.9 Å². The Hall–Kier alpha value is -5.10. The molecule has 0 radical (unpaired) electrons. The second kappa shape index (κ2) is 15.4. The fourth-order valence-corrected chi connectivity index (χ4v) is 4.93. The van der Waals surface area contributed by atoms with Crippen LogP contribution in [0.1, 0.15) is 22.3 Å². The highest BCUT2D eigenvalue weighted by Gasteiger charge is 2.16. The first kappa shape index (κ1) is 30.4. The Balaban J connectivity index is 0.000000175. The van der Waals surface area contributed by atoms with Crippen molar-refractivity contribution in [2.75, 3.05) is 0 Å². The molecule has 6 aromatic carbocycles. The van der Waals surface area contributed by atoms with Crippen molar-refractivity contribution in [1.29, 1.82) is 0 Å². The third kappa shape index (κ3) is 8.48. The fraction of sp³-hybridized carbons (Fsp3) is 0. The van der Waals surface area contributed by atoms with Crippen LogP contribution in [0.25, 0.3) is 22.3 Å². The van der Waals surface area contributed by atoms with Crippen molar-refractivity contribution in [2.45, 2.75) is 0 Å². The molecule has 2 N–H and O–H groups in total. The van der Waals surface area contributed by atoms with E-state index in [1.807, 2.05) is 121 Å². The maximum absolute atomic E-state index is 9.66. The molecule has 0 aromatic heterocycles. The van der Waals surface area contributed by atoms with Gasteiger partial charge in [-0.15, -0.1) is 0 Å². The Morgan fingerprint density at radius 3 is 1.27 bits per heavy atom. The number of halogens is 1. The minimum atomic E-state index is -1.56. The fourth-order valence-electron chi connectivity index (χ4n) is 4.45. The molecule has 0 saturated heterocycles. The lowest BCUT2D eigenvalue weighted by Gasteiger charge is -2.07. The van der Waals surface area contributed by atoms with Crippen LogP contribution >= 0.6 is 15.9 Å². The molecule has 0 unspecified atom stereocenters. The molecule has 0 fully saturated rings. The maximum Gasteiger partial charge on any atom is 0.489 e. The van der Waals surface area contributed by atoms with Crippen LogP contribution in [-0.4, -0.2) is 17.2 Å². The Labute approximate surface area is 268 Å². The van der Waals surface area contributed by atoms with E-state index in [4.69, 9.17) is 0 Å². The van der Waals surface area contributed by atoms with Gasteiger partial charge in [0.25, 0.3) is 0 Å². The Morgan fingerprint density at radius 1 is 0.409 bits per heavy atom. The van der Waals surface area contributed by atoms with Crippen LogP contribution in [0, 0.1) is 23.7 Å². The Bertz CT molecular complexity index is 1940. The van der Waals surface area contributed by atoms with Crippen molar-refractivity contribution in [1.82, 2.24) is 0 Å². The summed E-state index contributed by atoms with van der Waals surface area (Å²) >= 11 is 3.62. The quantitative estimate of drug-likeness (QED) is 0.154. The van der Waals surface area contributed by atoms with Crippen molar-refractivity contribution >= 4 is 28.5 Å². The largest absolute Gasteiger partial charge is 0.489 e. The zero-order valence-corrected chi connectivity index (χ0v) is 25.4. The lowest BCUT2D eigenvalue weighted by atomic mass is 9.76. The van der Waals surface area contributed by atoms with Crippen molar-refractivity contribution < 1.29 is 10.0 Å². The van der Waals surface area contributed by atoms with Crippen molar-refractivity contribution in [2.24, 2.45) is 0 Å². The predicted octanol–water partition coefficient (Wildman–Crippen LogP) is 7.95. The standard InChI is InChI=1S/C20H15BO2.C20H13Br/c22-21(23)20-15-19(17-9-5-2-6-10-17)14-13-18(20)12-11-16-7-3-1-4-8-16;21-20-15-19(17-9-5-2-6-10-17)14-13-18(20)12-11-16-7-3-1-4-8-16/h1-10,13-15,22-23H;1-10,13-15H. The van der Waals surface area contributed by atoms with E-state index in [-0.39, 0.29) is 0 Å². The highest BCUT2D eigenvalue weighted by atomic mass is 79.9. The molecular formula is C40H28BBrO2.